The van der Waals surface area contributed by atoms with Crippen LogP contribution in [-0.2, 0) is 15.8 Å². The summed E-state index contributed by atoms with van der Waals surface area (Å²) >= 11 is 0. The van der Waals surface area contributed by atoms with Crippen LogP contribution in [0.1, 0.15) is 36.8 Å². The predicted molar refractivity (Wildman–Crippen MR) is 79.2 cm³/mol. The van der Waals surface area contributed by atoms with Gasteiger partial charge in [0.05, 0.1) is 11.0 Å². The molecule has 0 unspecified atom stereocenters. The van der Waals surface area contributed by atoms with Crippen LogP contribution in [0.15, 0.2) is 24.3 Å². The van der Waals surface area contributed by atoms with E-state index in [0.717, 1.165) is 12.1 Å². The van der Waals surface area contributed by atoms with Crippen molar-refractivity contribution in [2.24, 2.45) is 11.3 Å². The van der Waals surface area contributed by atoms with Crippen molar-refractivity contribution in [3.63, 3.8) is 0 Å². The van der Waals surface area contributed by atoms with E-state index in [1.807, 2.05) is 0 Å². The van der Waals surface area contributed by atoms with Crippen LogP contribution >= 0.6 is 0 Å². The van der Waals surface area contributed by atoms with Crippen molar-refractivity contribution in [3.05, 3.63) is 35.4 Å². The molecule has 1 N–H and O–H groups in total. The molecule has 1 aliphatic heterocycles. The summed E-state index contributed by atoms with van der Waals surface area (Å²) in [6, 6.07) is 5.08. The van der Waals surface area contributed by atoms with Gasteiger partial charge in [0.2, 0.25) is 5.91 Å². The maximum atomic E-state index is 12.8. The molecule has 1 aromatic carbocycles. The van der Waals surface area contributed by atoms with Crippen molar-refractivity contribution in [2.45, 2.75) is 31.9 Å². The van der Waals surface area contributed by atoms with Gasteiger partial charge in [0, 0.05) is 19.0 Å². The van der Waals surface area contributed by atoms with Crippen molar-refractivity contribution >= 4 is 11.9 Å². The van der Waals surface area contributed by atoms with Crippen LogP contribution in [0.3, 0.4) is 0 Å². The summed E-state index contributed by atoms with van der Waals surface area (Å²) in [6.45, 7) is 2.15. The number of rotatable bonds is 3. The minimum Gasteiger partial charge on any atom is -0.481 e. The van der Waals surface area contributed by atoms with Crippen molar-refractivity contribution < 1.29 is 27.9 Å². The lowest BCUT2D eigenvalue weighted by atomic mass is 9.90. The fourth-order valence-corrected chi connectivity index (χ4v) is 3.34. The first-order valence-corrected chi connectivity index (χ1v) is 7.81. The van der Waals surface area contributed by atoms with Crippen LogP contribution < -0.4 is 0 Å². The van der Waals surface area contributed by atoms with E-state index >= 15 is 0 Å². The monoisotopic (exact) mass is 341 g/mol. The molecule has 7 heteroatoms. The predicted octanol–water partition coefficient (Wildman–Crippen LogP) is 3.13. The number of carbonyl (C=O) groups is 2. The number of nitrogens with zero attached hydrogens (tertiary/aromatic N) is 1. The number of likely N-dealkylation sites (tertiary alicyclic amines) is 1. The molecule has 24 heavy (non-hydrogen) atoms. The third kappa shape index (κ3) is 2.99. The number of benzene rings is 1. The van der Waals surface area contributed by atoms with Gasteiger partial charge >= 0.3 is 12.1 Å². The van der Waals surface area contributed by atoms with Gasteiger partial charge in [-0.1, -0.05) is 18.2 Å². The third-order valence-corrected chi connectivity index (χ3v) is 5.05. The van der Waals surface area contributed by atoms with Gasteiger partial charge in [-0.2, -0.15) is 13.2 Å². The molecule has 4 nitrogen and oxygen atoms in total. The Balaban J connectivity index is 1.68. The summed E-state index contributed by atoms with van der Waals surface area (Å²) < 4.78 is 38.4. The smallest absolute Gasteiger partial charge is 0.416 e. The van der Waals surface area contributed by atoms with E-state index < -0.39 is 23.1 Å². The Bertz CT molecular complexity index is 688. The molecule has 1 saturated heterocycles. The number of alkyl halides is 3. The van der Waals surface area contributed by atoms with E-state index in [2.05, 4.69) is 0 Å². The molecule has 130 valence electrons. The van der Waals surface area contributed by atoms with E-state index in [1.165, 1.54) is 11.0 Å². The van der Waals surface area contributed by atoms with Gasteiger partial charge in [0.1, 0.15) is 0 Å². The molecule has 0 aromatic heterocycles. The Kier molecular flexibility index (Phi) is 3.85. The second kappa shape index (κ2) is 5.50. The number of aliphatic carboxylic acids is 1. The zero-order valence-electron chi connectivity index (χ0n) is 13.1. The van der Waals surface area contributed by atoms with Gasteiger partial charge in [0.15, 0.2) is 0 Å². The van der Waals surface area contributed by atoms with Gasteiger partial charge in [0.25, 0.3) is 0 Å². The molecule has 3 rings (SSSR count). The molecule has 0 bridgehead atoms. The zero-order valence-corrected chi connectivity index (χ0v) is 13.1. The highest BCUT2D eigenvalue weighted by molar-refractivity contribution is 5.85. The van der Waals surface area contributed by atoms with Crippen molar-refractivity contribution in [1.29, 1.82) is 0 Å². The Hall–Kier alpha value is -2.05. The van der Waals surface area contributed by atoms with Crippen LogP contribution in [0.4, 0.5) is 13.2 Å². The highest BCUT2D eigenvalue weighted by Crippen LogP contribution is 2.50. The molecule has 1 aromatic rings. The highest BCUT2D eigenvalue weighted by atomic mass is 19.4. The second-order valence-corrected chi connectivity index (χ2v) is 6.95. The maximum Gasteiger partial charge on any atom is 0.416 e. The lowest BCUT2D eigenvalue weighted by Crippen LogP contribution is -2.35. The quantitative estimate of drug-likeness (QED) is 0.919. The molecule has 0 spiro atoms. The summed E-state index contributed by atoms with van der Waals surface area (Å²) in [7, 11) is 0. The number of carbonyl (C=O) groups excluding carboxylic acids is 1. The first-order chi connectivity index (χ1) is 11.1. The largest absolute Gasteiger partial charge is 0.481 e. The standard InChI is InChI=1S/C17H18F3NO3/c1-16(15(23)24)5-6-21(9-16)14(22)13-8-12(13)10-3-2-4-11(7-10)17(18,19)20/h2-4,7,12-13H,5-6,8-9H2,1H3,(H,23,24)/t12-,13-,16+/m1/s1. The van der Waals surface area contributed by atoms with Crippen molar-refractivity contribution in [3.8, 4) is 0 Å². The highest BCUT2D eigenvalue weighted by Gasteiger charge is 2.50. The van der Waals surface area contributed by atoms with E-state index in [0.29, 0.717) is 24.9 Å². The molecule has 0 radical (unpaired) electrons. The lowest BCUT2D eigenvalue weighted by Gasteiger charge is -2.20. The van der Waals surface area contributed by atoms with Gasteiger partial charge in [-0.3, -0.25) is 9.59 Å². The number of halogens is 3. The van der Waals surface area contributed by atoms with E-state index in [4.69, 9.17) is 0 Å². The molecule has 3 atom stereocenters. The number of hydrogen-bond donors (Lipinski definition) is 1. The summed E-state index contributed by atoms with van der Waals surface area (Å²) in [6.07, 6.45) is -3.49. The fraction of sp³-hybridized carbons (Fsp3) is 0.529. The molecule has 1 aliphatic carbocycles. The van der Waals surface area contributed by atoms with Crippen LogP contribution in [0.2, 0.25) is 0 Å². The normalized spacial score (nSPS) is 29.6. The summed E-state index contributed by atoms with van der Waals surface area (Å²) in [4.78, 5) is 25.3. The molecule has 1 amide bonds. The molecule has 1 saturated carbocycles. The average Bonchev–Trinajstić information content (AvgIpc) is 3.21. The van der Waals surface area contributed by atoms with Crippen LogP contribution in [0, 0.1) is 11.3 Å². The average molecular weight is 341 g/mol. The Morgan fingerprint density at radius 3 is 2.62 bits per heavy atom. The van der Waals surface area contributed by atoms with Crippen molar-refractivity contribution in [1.82, 2.24) is 4.90 Å². The number of hydrogen-bond acceptors (Lipinski definition) is 2. The molecular formula is C17H18F3NO3. The zero-order chi connectivity index (χ0) is 17.7. The molecule has 1 heterocycles. The van der Waals surface area contributed by atoms with E-state index in [9.17, 15) is 27.9 Å². The Morgan fingerprint density at radius 1 is 1.33 bits per heavy atom. The topological polar surface area (TPSA) is 57.6 Å². The summed E-state index contributed by atoms with van der Waals surface area (Å²) in [5.74, 6) is -1.63. The van der Waals surface area contributed by atoms with Crippen LogP contribution in [0.25, 0.3) is 0 Å². The van der Waals surface area contributed by atoms with Gasteiger partial charge in [-0.05, 0) is 37.3 Å². The lowest BCUT2D eigenvalue weighted by molar-refractivity contribution is -0.147. The fourth-order valence-electron chi connectivity index (χ4n) is 3.34. The van der Waals surface area contributed by atoms with E-state index in [-0.39, 0.29) is 24.3 Å². The Morgan fingerprint density at radius 2 is 2.04 bits per heavy atom. The first kappa shape index (κ1) is 16.8. The number of carboxylic acids is 1. The minimum atomic E-state index is -4.40. The first-order valence-electron chi connectivity index (χ1n) is 7.81. The number of amides is 1. The Labute approximate surface area is 137 Å². The van der Waals surface area contributed by atoms with Gasteiger partial charge < -0.3 is 10.0 Å². The SMILES string of the molecule is C[C@]1(C(=O)O)CCN(C(=O)[C@@H]2C[C@@H]2c2cccc(C(F)(F)F)c2)C1. The molecule has 2 aliphatic rings. The molecule has 2 fully saturated rings. The van der Waals surface area contributed by atoms with Crippen LogP contribution in [-0.4, -0.2) is 35.0 Å². The summed E-state index contributed by atoms with van der Waals surface area (Å²) in [5.41, 5.74) is -1.13. The minimum absolute atomic E-state index is 0.151. The van der Waals surface area contributed by atoms with Gasteiger partial charge in [-0.25, -0.2) is 0 Å². The van der Waals surface area contributed by atoms with Gasteiger partial charge in [-0.15, -0.1) is 0 Å². The van der Waals surface area contributed by atoms with Crippen molar-refractivity contribution in [2.75, 3.05) is 13.1 Å². The molecular weight excluding hydrogens is 323 g/mol. The second-order valence-electron chi connectivity index (χ2n) is 6.95. The third-order valence-electron chi connectivity index (χ3n) is 5.05. The summed E-state index contributed by atoms with van der Waals surface area (Å²) in [5, 5.41) is 9.22. The number of carboxylic acid groups (broad SMARTS) is 1. The van der Waals surface area contributed by atoms with Crippen LogP contribution in [0.5, 0.6) is 0 Å². The maximum absolute atomic E-state index is 12.8. The van der Waals surface area contributed by atoms with E-state index in [1.54, 1.807) is 13.0 Å².